The van der Waals surface area contributed by atoms with Gasteiger partial charge in [-0.15, -0.1) is 0 Å². The molecule has 0 aliphatic carbocycles. The summed E-state index contributed by atoms with van der Waals surface area (Å²) in [6.07, 6.45) is 4.10. The van der Waals surface area contributed by atoms with Crippen LogP contribution < -0.4 is 9.47 Å². The predicted molar refractivity (Wildman–Crippen MR) is 135 cm³/mol. The van der Waals surface area contributed by atoms with Gasteiger partial charge in [0.15, 0.2) is 5.78 Å². The molecule has 0 radical (unpaired) electrons. The number of para-hydroxylation sites is 1. The second-order valence-electron chi connectivity index (χ2n) is 8.17. The highest BCUT2D eigenvalue weighted by Crippen LogP contribution is 2.24. The summed E-state index contributed by atoms with van der Waals surface area (Å²) < 4.78 is 10.3. The lowest BCUT2D eigenvalue weighted by molar-refractivity contribution is -0.187. The van der Waals surface area contributed by atoms with Crippen molar-refractivity contribution in [2.75, 3.05) is 0 Å². The van der Waals surface area contributed by atoms with Gasteiger partial charge in [-0.25, -0.2) is 24.2 Å². The fourth-order valence-electron chi connectivity index (χ4n) is 3.42. The van der Waals surface area contributed by atoms with Gasteiger partial charge in [0.05, 0.1) is 5.56 Å². The summed E-state index contributed by atoms with van der Waals surface area (Å²) in [6, 6.07) is 20.2. The lowest BCUT2D eigenvalue weighted by Crippen LogP contribution is -2.18. The molecule has 0 atom stereocenters. The first kappa shape index (κ1) is 27.1. The van der Waals surface area contributed by atoms with Crippen LogP contribution in [-0.2, 0) is 9.78 Å². The topological polar surface area (TPSA) is 105 Å². The molecule has 0 amide bonds. The normalized spacial score (nSPS) is 10.3. The van der Waals surface area contributed by atoms with Crippen LogP contribution in [0.25, 0.3) is 0 Å². The van der Waals surface area contributed by atoms with E-state index in [1.165, 1.54) is 30.3 Å². The fourth-order valence-corrected chi connectivity index (χ4v) is 3.42. The molecule has 0 aromatic heterocycles. The molecule has 3 aromatic rings. The maximum Gasteiger partial charge on any atom is 0.519 e. The van der Waals surface area contributed by atoms with Crippen molar-refractivity contribution in [3.05, 3.63) is 95.6 Å². The maximum atomic E-state index is 12.8. The smallest absolute Gasteiger partial charge is 0.395 e. The number of benzene rings is 3. The zero-order chi connectivity index (χ0) is 26.5. The Kier molecular flexibility index (Phi) is 10.4. The van der Waals surface area contributed by atoms with Gasteiger partial charge in [0, 0.05) is 12.0 Å². The van der Waals surface area contributed by atoms with Crippen LogP contribution in [-0.4, -0.2) is 23.9 Å². The van der Waals surface area contributed by atoms with Crippen LogP contribution >= 0.6 is 0 Å². The van der Waals surface area contributed by atoms with Crippen LogP contribution in [0.1, 0.15) is 76.5 Å². The van der Waals surface area contributed by atoms with E-state index in [2.05, 4.69) is 11.8 Å². The van der Waals surface area contributed by atoms with Crippen LogP contribution in [0, 0.1) is 0 Å². The highest BCUT2D eigenvalue weighted by atomic mass is 17.2. The molecule has 37 heavy (non-hydrogen) atoms. The first-order valence-corrected chi connectivity index (χ1v) is 12.1. The maximum absolute atomic E-state index is 12.8. The van der Waals surface area contributed by atoms with Crippen molar-refractivity contribution >= 4 is 23.9 Å². The Bertz CT molecular complexity index is 1210. The number of unbranched alkanes of at least 4 members (excludes halogenated alkanes) is 4. The van der Waals surface area contributed by atoms with Crippen molar-refractivity contribution in [2.45, 2.75) is 45.4 Å². The molecule has 0 saturated carbocycles. The number of Topliss-reactive ketones (excluding diaryl/α,β-unsaturated/α-hetero) is 1. The third-order valence-corrected chi connectivity index (χ3v) is 5.37. The minimum absolute atomic E-state index is 0.171. The first-order valence-electron chi connectivity index (χ1n) is 12.1. The molecule has 0 heterocycles. The molecule has 0 N–H and O–H groups in total. The Morgan fingerprint density at radius 2 is 1.30 bits per heavy atom. The van der Waals surface area contributed by atoms with E-state index in [1.54, 1.807) is 48.5 Å². The molecule has 8 heteroatoms. The first-order chi connectivity index (χ1) is 18.0. The highest BCUT2D eigenvalue weighted by Gasteiger charge is 2.23. The molecule has 3 aromatic carbocycles. The van der Waals surface area contributed by atoms with Gasteiger partial charge in [0.1, 0.15) is 17.1 Å². The molecule has 0 unspecified atom stereocenters. The van der Waals surface area contributed by atoms with Crippen LogP contribution in [0.15, 0.2) is 78.9 Å². The molecule has 3 rings (SSSR count). The van der Waals surface area contributed by atoms with Crippen molar-refractivity contribution in [3.63, 3.8) is 0 Å². The average molecular weight is 505 g/mol. The van der Waals surface area contributed by atoms with Crippen molar-refractivity contribution in [1.82, 2.24) is 0 Å². The molecule has 0 bridgehead atoms. The van der Waals surface area contributed by atoms with Crippen LogP contribution in [0.4, 0.5) is 4.79 Å². The molecule has 8 nitrogen and oxygen atoms in total. The minimum atomic E-state index is -1.12. The summed E-state index contributed by atoms with van der Waals surface area (Å²) >= 11 is 0. The van der Waals surface area contributed by atoms with Crippen LogP contribution in [0.2, 0.25) is 0 Å². The molecule has 0 fully saturated rings. The second kappa shape index (κ2) is 14.2. The van der Waals surface area contributed by atoms with Gasteiger partial charge >= 0.3 is 18.1 Å². The van der Waals surface area contributed by atoms with E-state index in [0.29, 0.717) is 6.42 Å². The summed E-state index contributed by atoms with van der Waals surface area (Å²) in [5.41, 5.74) is 0.133. The van der Waals surface area contributed by atoms with Crippen molar-refractivity contribution in [3.8, 4) is 11.5 Å². The van der Waals surface area contributed by atoms with E-state index in [0.717, 1.165) is 32.1 Å². The number of hydrogen-bond donors (Lipinski definition) is 0. The molecule has 0 spiro atoms. The number of carbonyl (C=O) groups excluding carboxylic acids is 4. The summed E-state index contributed by atoms with van der Waals surface area (Å²) in [6.45, 7) is 2.11. The van der Waals surface area contributed by atoms with Gasteiger partial charge in [0.25, 0.3) is 0 Å². The quantitative estimate of drug-likeness (QED) is 0.0706. The Labute approximate surface area is 215 Å². The third kappa shape index (κ3) is 8.61. The Morgan fingerprint density at radius 3 is 2.00 bits per heavy atom. The summed E-state index contributed by atoms with van der Waals surface area (Å²) in [7, 11) is 0. The van der Waals surface area contributed by atoms with Gasteiger partial charge in [-0.3, -0.25) is 4.79 Å². The zero-order valence-electron chi connectivity index (χ0n) is 20.5. The summed E-state index contributed by atoms with van der Waals surface area (Å²) in [4.78, 5) is 59.3. The Balaban J connectivity index is 1.74. The van der Waals surface area contributed by atoms with E-state index < -0.39 is 18.1 Å². The zero-order valence-corrected chi connectivity index (χ0v) is 20.5. The van der Waals surface area contributed by atoms with Crippen LogP contribution in [0.3, 0.4) is 0 Å². The minimum Gasteiger partial charge on any atom is -0.395 e. The van der Waals surface area contributed by atoms with Crippen molar-refractivity contribution < 1.29 is 38.4 Å². The summed E-state index contributed by atoms with van der Waals surface area (Å²) in [5.74, 6) is -2.17. The molecule has 192 valence electrons. The number of hydrogen-bond acceptors (Lipinski definition) is 8. The molecule has 0 aliphatic heterocycles. The Hall–Kier alpha value is -4.46. The van der Waals surface area contributed by atoms with Gasteiger partial charge < -0.3 is 9.47 Å². The van der Waals surface area contributed by atoms with Crippen LogP contribution in [0.5, 0.6) is 11.5 Å². The average Bonchev–Trinajstić information content (AvgIpc) is 2.92. The standard InChI is InChI=1S/C29H28O8/c1-2-3-4-5-12-17-25(30)22-18-19-26(35-29(33)34-23-15-10-7-11-16-23)24(20-22)28(32)37-36-27(31)21-13-8-6-9-14-21/h6-11,13-16,18-20H,2-5,12,17H2,1H3. The molecular weight excluding hydrogens is 476 g/mol. The van der Waals surface area contributed by atoms with Crippen molar-refractivity contribution in [2.24, 2.45) is 0 Å². The van der Waals surface area contributed by atoms with Gasteiger partial charge in [-0.2, -0.15) is 0 Å². The Morgan fingerprint density at radius 1 is 0.649 bits per heavy atom. The van der Waals surface area contributed by atoms with Gasteiger partial charge in [-0.05, 0) is 48.9 Å². The lowest BCUT2D eigenvalue weighted by atomic mass is 10.0. The van der Waals surface area contributed by atoms with E-state index in [4.69, 9.17) is 14.4 Å². The largest absolute Gasteiger partial charge is 0.519 e. The van der Waals surface area contributed by atoms with Crippen molar-refractivity contribution in [1.29, 1.82) is 0 Å². The molecular formula is C29H28O8. The van der Waals surface area contributed by atoms with E-state index >= 15 is 0 Å². The highest BCUT2D eigenvalue weighted by molar-refractivity contribution is 6.01. The second-order valence-corrected chi connectivity index (χ2v) is 8.17. The number of ether oxygens (including phenoxy) is 2. The molecule has 0 aliphatic rings. The van der Waals surface area contributed by atoms with E-state index in [-0.39, 0.29) is 34.0 Å². The fraction of sp³-hybridized carbons (Fsp3) is 0.241. The number of ketones is 1. The van der Waals surface area contributed by atoms with E-state index in [9.17, 15) is 19.2 Å². The third-order valence-electron chi connectivity index (χ3n) is 5.37. The van der Waals surface area contributed by atoms with E-state index in [1.807, 2.05) is 0 Å². The number of rotatable bonds is 11. The molecule has 0 saturated heterocycles. The SMILES string of the molecule is CCCCCCCC(=O)c1ccc(OC(=O)Oc2ccccc2)c(C(=O)OOC(=O)c2ccccc2)c1. The summed E-state index contributed by atoms with van der Waals surface area (Å²) in [5, 5.41) is 0. The van der Waals surface area contributed by atoms with Gasteiger partial charge in [-0.1, -0.05) is 69.0 Å². The number of carbonyl (C=O) groups is 4. The monoisotopic (exact) mass is 504 g/mol. The lowest BCUT2D eigenvalue weighted by Gasteiger charge is -2.11. The predicted octanol–water partition coefficient (Wildman–Crippen LogP) is 6.74. The van der Waals surface area contributed by atoms with Gasteiger partial charge in [0.2, 0.25) is 0 Å².